The van der Waals surface area contributed by atoms with Gasteiger partial charge in [-0.15, -0.1) is 0 Å². The van der Waals surface area contributed by atoms with Crippen molar-refractivity contribution in [3.63, 3.8) is 0 Å². The number of carbonyl (C=O) groups excluding carboxylic acids is 3. The molecule has 106 valence electrons. The third-order valence-corrected chi connectivity index (χ3v) is 4.81. The van der Waals surface area contributed by atoms with Crippen molar-refractivity contribution < 1.29 is 22.8 Å². The van der Waals surface area contributed by atoms with E-state index in [1.807, 2.05) is 0 Å². The van der Waals surface area contributed by atoms with Crippen LogP contribution >= 0.6 is 11.6 Å². The predicted octanol–water partition coefficient (Wildman–Crippen LogP) is 0.946. The monoisotopic (exact) mass is 315 g/mol. The maximum atomic E-state index is 12.1. The predicted molar refractivity (Wildman–Crippen MR) is 69.8 cm³/mol. The summed E-state index contributed by atoms with van der Waals surface area (Å²) >= 11 is 5.11. The van der Waals surface area contributed by atoms with Crippen LogP contribution < -0.4 is 0 Å². The van der Waals surface area contributed by atoms with Crippen LogP contribution in [0.4, 0.5) is 0 Å². The number of halogens is 1. The molecule has 0 saturated carbocycles. The molecule has 1 aliphatic heterocycles. The largest absolute Gasteiger partial charge is 0.298 e. The average molecular weight is 316 g/mol. The van der Waals surface area contributed by atoms with Crippen molar-refractivity contribution in [1.29, 1.82) is 0 Å². The molecular formula is C12H10ClNO5S. The van der Waals surface area contributed by atoms with E-state index >= 15 is 0 Å². The number of Topliss-reactive ketones (excluding diaryl/α,β-unsaturated/α-hetero) is 1. The molecule has 0 bridgehead atoms. The van der Waals surface area contributed by atoms with Crippen LogP contribution in [-0.4, -0.2) is 36.2 Å². The van der Waals surface area contributed by atoms with E-state index in [0.29, 0.717) is 4.31 Å². The fourth-order valence-corrected chi connectivity index (χ4v) is 3.51. The van der Waals surface area contributed by atoms with Gasteiger partial charge < -0.3 is 0 Å². The minimum absolute atomic E-state index is 0.0497. The topological polar surface area (TPSA) is 88.6 Å². The highest BCUT2D eigenvalue weighted by Gasteiger charge is 2.41. The molecule has 0 atom stereocenters. The Morgan fingerprint density at radius 1 is 1.15 bits per heavy atom. The summed E-state index contributed by atoms with van der Waals surface area (Å²) in [4.78, 5) is 34.1. The normalized spacial score (nSPS) is 16.1. The Morgan fingerprint density at radius 3 is 2.40 bits per heavy atom. The molecule has 20 heavy (non-hydrogen) atoms. The van der Waals surface area contributed by atoms with Crippen LogP contribution in [0.1, 0.15) is 23.2 Å². The van der Waals surface area contributed by atoms with E-state index in [2.05, 4.69) is 0 Å². The van der Waals surface area contributed by atoms with Crippen LogP contribution in [0, 0.1) is 0 Å². The van der Waals surface area contributed by atoms with Crippen LogP contribution in [-0.2, 0) is 19.6 Å². The molecule has 1 amide bonds. The van der Waals surface area contributed by atoms with Gasteiger partial charge in [-0.05, 0) is 23.7 Å². The lowest BCUT2D eigenvalue weighted by atomic mass is 10.2. The van der Waals surface area contributed by atoms with Gasteiger partial charge in [-0.3, -0.25) is 14.4 Å². The van der Waals surface area contributed by atoms with Crippen LogP contribution in [0.2, 0.25) is 0 Å². The zero-order valence-electron chi connectivity index (χ0n) is 10.2. The van der Waals surface area contributed by atoms with Crippen LogP contribution in [0.3, 0.4) is 0 Å². The number of fused-ring (bicyclic) bond motifs is 1. The first-order chi connectivity index (χ1) is 9.34. The fourth-order valence-electron chi connectivity index (χ4n) is 1.86. The van der Waals surface area contributed by atoms with E-state index in [1.54, 1.807) is 6.07 Å². The maximum absolute atomic E-state index is 12.1. The quantitative estimate of drug-likeness (QED) is 0.755. The number of hydrogen-bond acceptors (Lipinski definition) is 5. The molecule has 0 spiro atoms. The Balaban J connectivity index is 2.21. The second kappa shape index (κ2) is 5.34. The molecule has 0 saturated heterocycles. The lowest BCUT2D eigenvalue weighted by Gasteiger charge is -2.13. The van der Waals surface area contributed by atoms with Gasteiger partial charge >= 0.3 is 0 Å². The number of carbonyl (C=O) groups is 3. The molecule has 8 heteroatoms. The van der Waals surface area contributed by atoms with E-state index in [-0.39, 0.29) is 23.3 Å². The number of nitrogens with zero attached hydrogens (tertiary/aromatic N) is 1. The highest BCUT2D eigenvalue weighted by molar-refractivity contribution is 7.90. The minimum atomic E-state index is -3.98. The Hall–Kier alpha value is -1.73. The zero-order valence-corrected chi connectivity index (χ0v) is 11.8. The molecule has 0 unspecified atom stereocenters. The Kier molecular flexibility index (Phi) is 3.92. The van der Waals surface area contributed by atoms with Gasteiger partial charge in [0.1, 0.15) is 4.90 Å². The third kappa shape index (κ3) is 2.59. The minimum Gasteiger partial charge on any atom is -0.298 e. The number of benzene rings is 1. The molecule has 0 aliphatic carbocycles. The van der Waals surface area contributed by atoms with Gasteiger partial charge in [0, 0.05) is 12.8 Å². The first-order valence-corrected chi connectivity index (χ1v) is 7.52. The maximum Gasteiger partial charge on any atom is 0.269 e. The summed E-state index contributed by atoms with van der Waals surface area (Å²) in [5.41, 5.74) is 0.0497. The number of ketones is 1. The number of sulfonamides is 1. The fraction of sp³-hybridized carbons (Fsp3) is 0.250. The summed E-state index contributed by atoms with van der Waals surface area (Å²) in [6.07, 6.45) is -0.382. The Morgan fingerprint density at radius 2 is 1.80 bits per heavy atom. The summed E-state index contributed by atoms with van der Waals surface area (Å²) in [6, 6.07) is 5.75. The summed E-state index contributed by atoms with van der Waals surface area (Å²) in [6.45, 7) is -0.583. The molecule has 1 heterocycles. The standard InChI is InChI=1S/C12H10ClNO5S/c13-11(16)6-5-8(15)7-14-12(17)9-3-1-2-4-10(9)20(14,18)19/h1-4H,5-7H2. The summed E-state index contributed by atoms with van der Waals surface area (Å²) < 4.78 is 24.8. The highest BCUT2D eigenvalue weighted by atomic mass is 35.5. The molecule has 1 aromatic carbocycles. The first-order valence-electron chi connectivity index (χ1n) is 5.70. The molecule has 0 aromatic heterocycles. The molecule has 1 aliphatic rings. The Bertz CT molecular complexity index is 698. The molecule has 2 rings (SSSR count). The van der Waals surface area contributed by atoms with Gasteiger partial charge in [0.25, 0.3) is 15.9 Å². The average Bonchev–Trinajstić information content (AvgIpc) is 2.58. The van der Waals surface area contributed by atoms with E-state index in [0.717, 1.165) is 0 Å². The molecule has 0 N–H and O–H groups in total. The van der Waals surface area contributed by atoms with Gasteiger partial charge in [-0.2, -0.15) is 0 Å². The van der Waals surface area contributed by atoms with Crippen molar-refractivity contribution in [2.45, 2.75) is 17.7 Å². The highest BCUT2D eigenvalue weighted by Crippen LogP contribution is 2.29. The number of amides is 1. The lowest BCUT2D eigenvalue weighted by Crippen LogP contribution is -2.35. The van der Waals surface area contributed by atoms with Crippen LogP contribution in [0.5, 0.6) is 0 Å². The first kappa shape index (κ1) is 14.7. The van der Waals surface area contributed by atoms with E-state index < -0.39 is 33.5 Å². The van der Waals surface area contributed by atoms with E-state index in [4.69, 9.17) is 11.6 Å². The van der Waals surface area contributed by atoms with Crippen molar-refractivity contribution in [3.05, 3.63) is 29.8 Å². The molecule has 1 aromatic rings. The van der Waals surface area contributed by atoms with E-state index in [9.17, 15) is 22.8 Å². The molecule has 0 fully saturated rings. The van der Waals surface area contributed by atoms with Crippen molar-refractivity contribution in [3.8, 4) is 0 Å². The number of hydrogen-bond donors (Lipinski definition) is 0. The lowest BCUT2D eigenvalue weighted by molar-refractivity contribution is -0.121. The Labute approximate surface area is 120 Å². The van der Waals surface area contributed by atoms with Gasteiger partial charge in [0.15, 0.2) is 5.78 Å². The second-order valence-corrected chi connectivity index (χ2v) is 6.46. The number of rotatable bonds is 5. The zero-order chi connectivity index (χ0) is 14.9. The molecule has 6 nitrogen and oxygen atoms in total. The SMILES string of the molecule is O=C(Cl)CCC(=O)CN1C(=O)c2ccccc2S1(=O)=O. The molecule has 0 radical (unpaired) electrons. The van der Waals surface area contributed by atoms with Crippen molar-refractivity contribution in [2.75, 3.05) is 6.54 Å². The molecular weight excluding hydrogens is 306 g/mol. The summed E-state index contributed by atoms with van der Waals surface area (Å²) in [5, 5.41) is -0.683. The van der Waals surface area contributed by atoms with E-state index in [1.165, 1.54) is 18.2 Å². The van der Waals surface area contributed by atoms with Crippen molar-refractivity contribution >= 4 is 38.6 Å². The van der Waals surface area contributed by atoms with Crippen molar-refractivity contribution in [1.82, 2.24) is 4.31 Å². The smallest absolute Gasteiger partial charge is 0.269 e. The van der Waals surface area contributed by atoms with Crippen LogP contribution in [0.25, 0.3) is 0 Å². The van der Waals surface area contributed by atoms with Gasteiger partial charge in [-0.1, -0.05) is 12.1 Å². The summed E-state index contributed by atoms with van der Waals surface area (Å²) in [5.74, 6) is -1.27. The van der Waals surface area contributed by atoms with Gasteiger partial charge in [0.05, 0.1) is 12.1 Å². The van der Waals surface area contributed by atoms with Gasteiger partial charge in [0.2, 0.25) is 5.24 Å². The third-order valence-electron chi connectivity index (χ3n) is 2.83. The summed E-state index contributed by atoms with van der Waals surface area (Å²) in [7, 11) is -3.98. The second-order valence-electron chi connectivity index (χ2n) is 4.21. The van der Waals surface area contributed by atoms with Gasteiger partial charge in [-0.25, -0.2) is 12.7 Å². The van der Waals surface area contributed by atoms with Crippen molar-refractivity contribution in [2.24, 2.45) is 0 Å². The van der Waals surface area contributed by atoms with Crippen LogP contribution in [0.15, 0.2) is 29.2 Å².